The van der Waals surface area contributed by atoms with Crippen LogP contribution in [0.1, 0.15) is 19.3 Å². The predicted octanol–water partition coefficient (Wildman–Crippen LogP) is 0.284. The summed E-state index contributed by atoms with van der Waals surface area (Å²) >= 11 is 0. The van der Waals surface area contributed by atoms with Crippen LogP contribution in [0, 0.1) is 5.92 Å². The third-order valence-electron chi connectivity index (χ3n) is 3.09. The van der Waals surface area contributed by atoms with Crippen LogP contribution in [0.15, 0.2) is 0 Å². The molecule has 0 bridgehead atoms. The van der Waals surface area contributed by atoms with Crippen molar-refractivity contribution in [3.05, 3.63) is 0 Å². The van der Waals surface area contributed by atoms with E-state index in [0.717, 1.165) is 39.0 Å². The van der Waals surface area contributed by atoms with E-state index in [-0.39, 0.29) is 0 Å². The van der Waals surface area contributed by atoms with Gasteiger partial charge < -0.3 is 10.1 Å². The van der Waals surface area contributed by atoms with Gasteiger partial charge in [-0.3, -0.25) is 0 Å². The van der Waals surface area contributed by atoms with Crippen LogP contribution >= 0.6 is 0 Å². The molecule has 102 valence electrons. The first kappa shape index (κ1) is 14.9. The van der Waals surface area contributed by atoms with Crippen LogP contribution in [0.5, 0.6) is 0 Å². The number of methoxy groups -OCH3 is 1. The van der Waals surface area contributed by atoms with Gasteiger partial charge >= 0.3 is 0 Å². The maximum atomic E-state index is 11.4. The molecule has 1 N–H and O–H groups in total. The lowest BCUT2D eigenvalue weighted by atomic mass is 10.00. The Morgan fingerprint density at radius 2 is 2.24 bits per heavy atom. The summed E-state index contributed by atoms with van der Waals surface area (Å²) in [5, 5.41) is 3.36. The van der Waals surface area contributed by atoms with Gasteiger partial charge in [-0.15, -0.1) is 0 Å². The third-order valence-corrected chi connectivity index (χ3v) is 4.36. The zero-order valence-corrected chi connectivity index (χ0v) is 11.6. The van der Waals surface area contributed by atoms with Crippen molar-refractivity contribution in [2.24, 2.45) is 5.92 Å². The van der Waals surface area contributed by atoms with Crippen molar-refractivity contribution in [2.45, 2.75) is 19.3 Å². The Labute approximate surface area is 105 Å². The molecular weight excluding hydrogens is 240 g/mol. The molecule has 0 aromatic carbocycles. The third kappa shape index (κ3) is 5.81. The Hall–Kier alpha value is -0.170. The molecule has 1 heterocycles. The zero-order chi connectivity index (χ0) is 12.7. The Balaban J connectivity index is 2.21. The minimum Gasteiger partial charge on any atom is -0.385 e. The fourth-order valence-electron chi connectivity index (χ4n) is 2.14. The minimum atomic E-state index is -3.01. The Bertz CT molecular complexity index is 306. The SMILES string of the molecule is COCCCNCC1CCCN(S(C)(=O)=O)C1. The number of sulfonamides is 1. The number of hydrogen-bond donors (Lipinski definition) is 1. The first-order valence-electron chi connectivity index (χ1n) is 6.19. The molecule has 1 rings (SSSR count). The second-order valence-electron chi connectivity index (χ2n) is 4.68. The molecule has 0 amide bonds. The van der Waals surface area contributed by atoms with E-state index >= 15 is 0 Å². The van der Waals surface area contributed by atoms with E-state index in [0.29, 0.717) is 19.0 Å². The molecule has 1 fully saturated rings. The molecule has 17 heavy (non-hydrogen) atoms. The quantitative estimate of drug-likeness (QED) is 0.671. The first-order valence-corrected chi connectivity index (χ1v) is 8.03. The molecule has 1 aliphatic rings. The fourth-order valence-corrected chi connectivity index (χ4v) is 3.08. The molecule has 0 saturated carbocycles. The van der Waals surface area contributed by atoms with Crippen molar-refractivity contribution in [2.75, 3.05) is 46.2 Å². The molecule has 0 aromatic heterocycles. The molecule has 0 radical (unpaired) electrons. The number of nitrogens with one attached hydrogen (secondary N) is 1. The van der Waals surface area contributed by atoms with E-state index in [1.54, 1.807) is 11.4 Å². The van der Waals surface area contributed by atoms with Gasteiger partial charge in [-0.05, 0) is 38.3 Å². The van der Waals surface area contributed by atoms with Crippen molar-refractivity contribution in [1.29, 1.82) is 0 Å². The average Bonchev–Trinajstić information content (AvgIpc) is 2.28. The van der Waals surface area contributed by atoms with Gasteiger partial charge in [0, 0.05) is 26.8 Å². The standard InChI is InChI=1S/C11H24N2O3S/c1-16-8-4-6-12-9-11-5-3-7-13(10-11)17(2,14)15/h11-12H,3-10H2,1-2H3. The van der Waals surface area contributed by atoms with Crippen LogP contribution in [-0.4, -0.2) is 58.9 Å². The lowest BCUT2D eigenvalue weighted by Crippen LogP contribution is -2.42. The highest BCUT2D eigenvalue weighted by atomic mass is 32.2. The topological polar surface area (TPSA) is 58.6 Å². The van der Waals surface area contributed by atoms with Crippen molar-refractivity contribution in [1.82, 2.24) is 9.62 Å². The van der Waals surface area contributed by atoms with E-state index in [1.165, 1.54) is 6.26 Å². The normalized spacial score (nSPS) is 22.8. The highest BCUT2D eigenvalue weighted by molar-refractivity contribution is 7.88. The van der Waals surface area contributed by atoms with Gasteiger partial charge in [0.25, 0.3) is 0 Å². The molecule has 1 atom stereocenters. The van der Waals surface area contributed by atoms with Crippen LogP contribution in [0.3, 0.4) is 0 Å². The summed E-state index contributed by atoms with van der Waals surface area (Å²) in [7, 11) is -1.31. The monoisotopic (exact) mass is 264 g/mol. The van der Waals surface area contributed by atoms with Crippen LogP contribution in [0.4, 0.5) is 0 Å². The number of rotatable bonds is 7. The smallest absolute Gasteiger partial charge is 0.211 e. The van der Waals surface area contributed by atoms with Gasteiger partial charge in [0.15, 0.2) is 0 Å². The van der Waals surface area contributed by atoms with Gasteiger partial charge in [-0.1, -0.05) is 0 Å². The molecular formula is C11H24N2O3S. The predicted molar refractivity (Wildman–Crippen MR) is 68.5 cm³/mol. The van der Waals surface area contributed by atoms with Gasteiger partial charge in [0.05, 0.1) is 6.26 Å². The van der Waals surface area contributed by atoms with Crippen molar-refractivity contribution in [3.63, 3.8) is 0 Å². The fraction of sp³-hybridized carbons (Fsp3) is 1.00. The maximum Gasteiger partial charge on any atom is 0.211 e. The number of hydrogen-bond acceptors (Lipinski definition) is 4. The van der Waals surface area contributed by atoms with Crippen LogP contribution in [0.25, 0.3) is 0 Å². The van der Waals surface area contributed by atoms with E-state index in [9.17, 15) is 8.42 Å². The summed E-state index contributed by atoms with van der Waals surface area (Å²) in [4.78, 5) is 0. The maximum absolute atomic E-state index is 11.4. The van der Waals surface area contributed by atoms with Gasteiger partial charge in [-0.2, -0.15) is 0 Å². The lowest BCUT2D eigenvalue weighted by molar-refractivity contribution is 0.192. The van der Waals surface area contributed by atoms with Crippen LogP contribution in [-0.2, 0) is 14.8 Å². The number of piperidine rings is 1. The van der Waals surface area contributed by atoms with Gasteiger partial charge in [0.1, 0.15) is 0 Å². The van der Waals surface area contributed by atoms with Crippen LogP contribution < -0.4 is 5.32 Å². The van der Waals surface area contributed by atoms with Crippen molar-refractivity contribution >= 4 is 10.0 Å². The lowest BCUT2D eigenvalue weighted by Gasteiger charge is -2.31. The largest absolute Gasteiger partial charge is 0.385 e. The molecule has 0 spiro atoms. The molecule has 1 aliphatic heterocycles. The Kier molecular flexibility index (Phi) is 6.40. The molecule has 5 nitrogen and oxygen atoms in total. The summed E-state index contributed by atoms with van der Waals surface area (Å²) in [5.74, 6) is 0.445. The van der Waals surface area contributed by atoms with Gasteiger partial charge in [0.2, 0.25) is 10.0 Å². The van der Waals surface area contributed by atoms with Gasteiger partial charge in [-0.25, -0.2) is 12.7 Å². The number of nitrogens with zero attached hydrogens (tertiary/aromatic N) is 1. The first-order chi connectivity index (χ1) is 8.04. The van der Waals surface area contributed by atoms with E-state index in [1.807, 2.05) is 0 Å². The van der Waals surface area contributed by atoms with E-state index < -0.39 is 10.0 Å². The Morgan fingerprint density at radius 1 is 1.47 bits per heavy atom. The second-order valence-corrected chi connectivity index (χ2v) is 6.66. The summed E-state index contributed by atoms with van der Waals surface area (Å²) in [6, 6.07) is 0. The number of ether oxygens (including phenoxy) is 1. The highest BCUT2D eigenvalue weighted by Gasteiger charge is 2.25. The molecule has 6 heteroatoms. The summed E-state index contributed by atoms with van der Waals surface area (Å²) in [6.45, 7) is 3.95. The molecule has 0 aliphatic carbocycles. The minimum absolute atomic E-state index is 0.445. The molecule has 0 aromatic rings. The second kappa shape index (κ2) is 7.31. The van der Waals surface area contributed by atoms with Crippen LogP contribution in [0.2, 0.25) is 0 Å². The highest BCUT2D eigenvalue weighted by Crippen LogP contribution is 2.17. The zero-order valence-electron chi connectivity index (χ0n) is 10.8. The van der Waals surface area contributed by atoms with E-state index in [4.69, 9.17) is 4.74 Å². The average molecular weight is 264 g/mol. The summed E-state index contributed by atoms with van der Waals surface area (Å²) < 4.78 is 29.4. The van der Waals surface area contributed by atoms with E-state index in [2.05, 4.69) is 5.32 Å². The van der Waals surface area contributed by atoms with Crippen molar-refractivity contribution in [3.8, 4) is 0 Å². The molecule has 1 unspecified atom stereocenters. The van der Waals surface area contributed by atoms with Crippen molar-refractivity contribution < 1.29 is 13.2 Å². The Morgan fingerprint density at radius 3 is 2.88 bits per heavy atom. The molecule has 1 saturated heterocycles. The summed E-state index contributed by atoms with van der Waals surface area (Å²) in [5.41, 5.74) is 0. The summed E-state index contributed by atoms with van der Waals surface area (Å²) in [6.07, 6.45) is 4.38.